The molecule has 0 aliphatic heterocycles. The van der Waals surface area contributed by atoms with Crippen LogP contribution in [0.1, 0.15) is 31.9 Å². The molecule has 3 aromatic rings. The molecule has 8 nitrogen and oxygen atoms in total. The largest absolute Gasteiger partial charge is 0.463 e. The van der Waals surface area contributed by atoms with Gasteiger partial charge in [-0.15, -0.1) is 10.2 Å². The minimum Gasteiger partial charge on any atom is -0.463 e. The van der Waals surface area contributed by atoms with Gasteiger partial charge >= 0.3 is 5.97 Å². The molecule has 1 heterocycles. The topological polar surface area (TPSA) is 99.0 Å². The average molecular weight is 393 g/mol. The Kier molecular flexibility index (Phi) is 6.67. The lowest BCUT2D eigenvalue weighted by atomic mass is 10.0. The Labute approximate surface area is 168 Å². The molecule has 1 N–H and O–H groups in total. The molecule has 3 rings (SSSR count). The first-order valence-corrected chi connectivity index (χ1v) is 9.38. The van der Waals surface area contributed by atoms with Gasteiger partial charge in [0.25, 0.3) is 0 Å². The van der Waals surface area contributed by atoms with Crippen molar-refractivity contribution in [1.29, 1.82) is 0 Å². The average Bonchev–Trinajstić information content (AvgIpc) is 3.16. The van der Waals surface area contributed by atoms with Gasteiger partial charge in [0.15, 0.2) is 0 Å². The Morgan fingerprint density at radius 3 is 2.34 bits per heavy atom. The highest BCUT2D eigenvalue weighted by atomic mass is 16.5. The molecule has 1 unspecified atom stereocenters. The van der Waals surface area contributed by atoms with Gasteiger partial charge in [0, 0.05) is 5.56 Å². The second kappa shape index (κ2) is 9.59. The fraction of sp³-hybridized carbons (Fsp3) is 0.286. The molecule has 8 heteroatoms. The van der Waals surface area contributed by atoms with Crippen molar-refractivity contribution in [2.45, 2.75) is 39.0 Å². The third-order valence-corrected chi connectivity index (χ3v) is 4.04. The summed E-state index contributed by atoms with van der Waals surface area (Å²) >= 11 is 0. The van der Waals surface area contributed by atoms with E-state index in [-0.39, 0.29) is 30.9 Å². The molecule has 1 amide bonds. The molecule has 1 aromatic heterocycles. The Balaban J connectivity index is 1.67. The van der Waals surface area contributed by atoms with Gasteiger partial charge in [-0.1, -0.05) is 60.7 Å². The van der Waals surface area contributed by atoms with E-state index < -0.39 is 6.04 Å². The number of esters is 1. The molecule has 2 aromatic carbocycles. The van der Waals surface area contributed by atoms with Crippen LogP contribution in [0.3, 0.4) is 0 Å². The van der Waals surface area contributed by atoms with E-state index in [0.717, 1.165) is 11.1 Å². The van der Waals surface area contributed by atoms with Gasteiger partial charge in [0.05, 0.1) is 18.6 Å². The van der Waals surface area contributed by atoms with E-state index in [4.69, 9.17) is 4.74 Å². The Hall–Kier alpha value is -3.55. The number of hydrogen-bond donors (Lipinski definition) is 1. The number of nitrogens with zero attached hydrogens (tertiary/aromatic N) is 4. The van der Waals surface area contributed by atoms with Gasteiger partial charge in [-0.3, -0.25) is 9.59 Å². The predicted molar refractivity (Wildman–Crippen MR) is 106 cm³/mol. The van der Waals surface area contributed by atoms with Crippen molar-refractivity contribution in [3.63, 3.8) is 0 Å². The molecule has 0 aliphatic rings. The van der Waals surface area contributed by atoms with Crippen molar-refractivity contribution < 1.29 is 14.3 Å². The summed E-state index contributed by atoms with van der Waals surface area (Å²) in [6.07, 6.45) is -0.182. The van der Waals surface area contributed by atoms with Gasteiger partial charge in [0.2, 0.25) is 11.7 Å². The van der Waals surface area contributed by atoms with Gasteiger partial charge in [0.1, 0.15) is 6.54 Å². The number of benzene rings is 2. The smallest absolute Gasteiger partial charge is 0.308 e. The third kappa shape index (κ3) is 5.97. The SMILES string of the molecule is CC(C)OC(=O)CC(NC(=O)Cn1nnc(-c2ccccc2)n1)c1ccccc1. The molecular formula is C21H23N5O3. The lowest BCUT2D eigenvalue weighted by Crippen LogP contribution is -2.34. The number of nitrogens with one attached hydrogen (secondary N) is 1. The van der Waals surface area contributed by atoms with Crippen molar-refractivity contribution in [3.05, 3.63) is 66.2 Å². The van der Waals surface area contributed by atoms with Crippen LogP contribution >= 0.6 is 0 Å². The quantitative estimate of drug-likeness (QED) is 0.591. The molecule has 29 heavy (non-hydrogen) atoms. The second-order valence-electron chi connectivity index (χ2n) is 6.78. The molecule has 0 bridgehead atoms. The van der Waals surface area contributed by atoms with Crippen LogP contribution in [0.2, 0.25) is 0 Å². The first-order chi connectivity index (χ1) is 14.0. The lowest BCUT2D eigenvalue weighted by molar-refractivity contribution is -0.148. The van der Waals surface area contributed by atoms with E-state index in [1.807, 2.05) is 60.7 Å². The third-order valence-electron chi connectivity index (χ3n) is 4.04. The van der Waals surface area contributed by atoms with E-state index in [0.29, 0.717) is 5.82 Å². The van der Waals surface area contributed by atoms with Crippen LogP contribution in [0.25, 0.3) is 11.4 Å². The monoisotopic (exact) mass is 393 g/mol. The van der Waals surface area contributed by atoms with Crippen molar-refractivity contribution in [1.82, 2.24) is 25.5 Å². The molecule has 0 spiro atoms. The summed E-state index contributed by atoms with van der Waals surface area (Å²) in [4.78, 5) is 25.9. The summed E-state index contributed by atoms with van der Waals surface area (Å²) in [5.41, 5.74) is 1.64. The van der Waals surface area contributed by atoms with Crippen LogP contribution in [0, 0.1) is 0 Å². The number of hydrogen-bond acceptors (Lipinski definition) is 6. The number of rotatable bonds is 8. The number of ether oxygens (including phenoxy) is 1. The van der Waals surface area contributed by atoms with Crippen LogP contribution in [0.4, 0.5) is 0 Å². The minimum absolute atomic E-state index is 0.0357. The van der Waals surface area contributed by atoms with Gasteiger partial charge < -0.3 is 10.1 Å². The zero-order valence-electron chi connectivity index (χ0n) is 16.4. The normalized spacial score (nSPS) is 11.8. The van der Waals surface area contributed by atoms with Crippen molar-refractivity contribution >= 4 is 11.9 Å². The van der Waals surface area contributed by atoms with Crippen molar-refractivity contribution in [3.8, 4) is 11.4 Å². The molecule has 1 atom stereocenters. The maximum atomic E-state index is 12.6. The van der Waals surface area contributed by atoms with Gasteiger partial charge in [-0.05, 0) is 24.6 Å². The maximum Gasteiger partial charge on any atom is 0.308 e. The highest BCUT2D eigenvalue weighted by Gasteiger charge is 2.20. The van der Waals surface area contributed by atoms with Crippen LogP contribution in [-0.4, -0.2) is 38.2 Å². The minimum atomic E-state index is -0.507. The summed E-state index contributed by atoms with van der Waals surface area (Å²) < 4.78 is 5.22. The lowest BCUT2D eigenvalue weighted by Gasteiger charge is -2.19. The number of tetrazole rings is 1. The molecular weight excluding hydrogens is 370 g/mol. The molecule has 150 valence electrons. The summed E-state index contributed by atoms with van der Waals surface area (Å²) in [7, 11) is 0. The summed E-state index contributed by atoms with van der Waals surface area (Å²) in [5, 5.41) is 15.0. The number of carbonyl (C=O) groups excluding carboxylic acids is 2. The first kappa shape index (κ1) is 20.2. The Bertz CT molecular complexity index is 941. The number of aromatic nitrogens is 4. The fourth-order valence-electron chi connectivity index (χ4n) is 2.80. The van der Waals surface area contributed by atoms with Crippen molar-refractivity contribution in [2.75, 3.05) is 0 Å². The molecule has 0 saturated heterocycles. The number of carbonyl (C=O) groups is 2. The van der Waals surface area contributed by atoms with Gasteiger partial charge in [-0.25, -0.2) is 0 Å². The highest BCUT2D eigenvalue weighted by Crippen LogP contribution is 2.18. The number of amides is 1. The summed E-state index contributed by atoms with van der Waals surface area (Å²) in [5.74, 6) is -0.258. The second-order valence-corrected chi connectivity index (χ2v) is 6.78. The standard InChI is InChI=1S/C21H23N5O3/c1-15(2)29-20(28)13-18(16-9-5-3-6-10-16)22-19(27)14-26-24-21(23-25-26)17-11-7-4-8-12-17/h3-12,15,18H,13-14H2,1-2H3,(H,22,27). The Morgan fingerprint density at radius 1 is 1.03 bits per heavy atom. The van der Waals surface area contributed by atoms with E-state index >= 15 is 0 Å². The summed E-state index contributed by atoms with van der Waals surface area (Å²) in [6.45, 7) is 3.46. The molecule has 0 fully saturated rings. The molecule has 0 radical (unpaired) electrons. The van der Waals surface area contributed by atoms with Crippen LogP contribution in [0.5, 0.6) is 0 Å². The fourth-order valence-corrected chi connectivity index (χ4v) is 2.80. The van der Waals surface area contributed by atoms with Crippen LogP contribution in [-0.2, 0) is 20.9 Å². The van der Waals surface area contributed by atoms with Crippen LogP contribution in [0.15, 0.2) is 60.7 Å². The maximum absolute atomic E-state index is 12.6. The van der Waals surface area contributed by atoms with Gasteiger partial charge in [-0.2, -0.15) is 4.80 Å². The van der Waals surface area contributed by atoms with Crippen LogP contribution < -0.4 is 5.32 Å². The molecule has 0 saturated carbocycles. The Morgan fingerprint density at radius 2 is 1.69 bits per heavy atom. The van der Waals surface area contributed by atoms with E-state index in [2.05, 4.69) is 20.7 Å². The van der Waals surface area contributed by atoms with E-state index in [1.165, 1.54) is 4.80 Å². The van der Waals surface area contributed by atoms with E-state index in [1.54, 1.807) is 13.8 Å². The molecule has 0 aliphatic carbocycles. The van der Waals surface area contributed by atoms with E-state index in [9.17, 15) is 9.59 Å². The predicted octanol–water partition coefficient (Wildman–Crippen LogP) is 2.54. The zero-order chi connectivity index (χ0) is 20.6. The highest BCUT2D eigenvalue weighted by molar-refractivity contribution is 5.78. The zero-order valence-corrected chi connectivity index (χ0v) is 16.4. The van der Waals surface area contributed by atoms with Crippen molar-refractivity contribution in [2.24, 2.45) is 0 Å². The summed E-state index contributed by atoms with van der Waals surface area (Å²) in [6, 6.07) is 18.2. The first-order valence-electron chi connectivity index (χ1n) is 9.38.